The molecule has 1 aromatic heterocycles. The predicted molar refractivity (Wildman–Crippen MR) is 69.7 cm³/mol. The number of likely N-dealkylation sites (tertiary alicyclic amines) is 1. The van der Waals surface area contributed by atoms with Gasteiger partial charge in [0.15, 0.2) is 0 Å². The second-order valence-electron chi connectivity index (χ2n) is 5.12. The van der Waals surface area contributed by atoms with Crippen LogP contribution < -0.4 is 4.74 Å². The van der Waals surface area contributed by atoms with E-state index in [4.69, 9.17) is 4.74 Å². The van der Waals surface area contributed by atoms with Gasteiger partial charge < -0.3 is 9.64 Å². The molecule has 2 fully saturated rings. The molecule has 4 nitrogen and oxygen atoms in total. The average molecular weight is 266 g/mol. The van der Waals surface area contributed by atoms with Crippen molar-refractivity contribution in [2.75, 3.05) is 13.1 Å². The van der Waals surface area contributed by atoms with Gasteiger partial charge in [-0.1, -0.05) is 30.6 Å². The van der Waals surface area contributed by atoms with Gasteiger partial charge in [-0.2, -0.15) is 0 Å². The zero-order valence-corrected chi connectivity index (χ0v) is 11.2. The van der Waals surface area contributed by atoms with Gasteiger partial charge in [-0.3, -0.25) is 4.79 Å². The molecule has 0 N–H and O–H groups in total. The van der Waals surface area contributed by atoms with Crippen LogP contribution in [0.2, 0.25) is 0 Å². The highest BCUT2D eigenvalue weighted by Crippen LogP contribution is 2.28. The number of hydrogen-bond donors (Lipinski definition) is 0. The molecule has 1 aromatic rings. The van der Waals surface area contributed by atoms with Crippen LogP contribution in [0, 0.1) is 5.92 Å². The van der Waals surface area contributed by atoms with Crippen LogP contribution in [0.25, 0.3) is 0 Å². The Bertz CT molecular complexity index is 395. The molecular weight excluding hydrogens is 248 g/mol. The lowest BCUT2D eigenvalue weighted by molar-refractivity contribution is -0.145. The van der Waals surface area contributed by atoms with Crippen molar-refractivity contribution >= 4 is 17.2 Å². The number of rotatable bonds is 3. The lowest BCUT2D eigenvalue weighted by Gasteiger charge is -2.40. The highest BCUT2D eigenvalue weighted by Gasteiger charge is 2.36. The Hall–Kier alpha value is -1.10. The Balaban J connectivity index is 1.45. The molecule has 3 rings (SSSR count). The van der Waals surface area contributed by atoms with Crippen molar-refractivity contribution in [3.8, 4) is 5.19 Å². The van der Waals surface area contributed by atoms with Crippen LogP contribution >= 0.6 is 11.3 Å². The Kier molecular flexibility index (Phi) is 3.50. The van der Waals surface area contributed by atoms with E-state index < -0.39 is 0 Å². The summed E-state index contributed by atoms with van der Waals surface area (Å²) in [7, 11) is 0. The maximum atomic E-state index is 12.2. The highest BCUT2D eigenvalue weighted by atomic mass is 32.1. The summed E-state index contributed by atoms with van der Waals surface area (Å²) in [5, 5.41) is 2.61. The van der Waals surface area contributed by atoms with E-state index >= 15 is 0 Å². The Morgan fingerprint density at radius 2 is 2.11 bits per heavy atom. The third-order valence-electron chi connectivity index (χ3n) is 3.79. The van der Waals surface area contributed by atoms with E-state index in [1.54, 1.807) is 6.20 Å². The lowest BCUT2D eigenvalue weighted by Crippen LogP contribution is -2.57. The molecule has 0 atom stereocenters. The van der Waals surface area contributed by atoms with Crippen molar-refractivity contribution in [3.63, 3.8) is 0 Å². The number of ether oxygens (including phenoxy) is 1. The molecule has 1 aliphatic heterocycles. The number of aromatic nitrogens is 1. The molecule has 2 aliphatic rings. The molecule has 0 bridgehead atoms. The van der Waals surface area contributed by atoms with Crippen molar-refractivity contribution in [1.82, 2.24) is 9.88 Å². The molecule has 0 unspecified atom stereocenters. The van der Waals surface area contributed by atoms with Crippen molar-refractivity contribution in [2.24, 2.45) is 5.92 Å². The minimum absolute atomic E-state index is 0.142. The monoisotopic (exact) mass is 266 g/mol. The van der Waals surface area contributed by atoms with Crippen LogP contribution in [-0.4, -0.2) is 35.0 Å². The van der Waals surface area contributed by atoms with Crippen LogP contribution in [0.4, 0.5) is 0 Å². The summed E-state index contributed by atoms with van der Waals surface area (Å²) in [6.45, 7) is 1.46. The van der Waals surface area contributed by atoms with E-state index in [2.05, 4.69) is 4.98 Å². The smallest absolute Gasteiger partial charge is 0.273 e. The summed E-state index contributed by atoms with van der Waals surface area (Å²) in [6, 6.07) is 0. The first-order chi connectivity index (χ1) is 8.83. The Morgan fingerprint density at radius 3 is 2.78 bits per heavy atom. The molecule has 1 amide bonds. The molecule has 18 heavy (non-hydrogen) atoms. The summed E-state index contributed by atoms with van der Waals surface area (Å²) >= 11 is 1.50. The fourth-order valence-corrected chi connectivity index (χ4v) is 3.26. The zero-order chi connectivity index (χ0) is 12.4. The van der Waals surface area contributed by atoms with Crippen LogP contribution in [0.1, 0.15) is 32.1 Å². The molecule has 2 heterocycles. The second-order valence-corrected chi connectivity index (χ2v) is 5.97. The molecular formula is C13H18N2O2S. The van der Waals surface area contributed by atoms with Gasteiger partial charge in [-0.15, -0.1) is 0 Å². The van der Waals surface area contributed by atoms with Gasteiger partial charge in [0.1, 0.15) is 6.10 Å². The van der Waals surface area contributed by atoms with Crippen LogP contribution in [0.5, 0.6) is 5.19 Å². The summed E-state index contributed by atoms with van der Waals surface area (Å²) < 4.78 is 5.67. The molecule has 0 spiro atoms. The molecule has 5 heteroatoms. The fourth-order valence-electron chi connectivity index (χ4n) is 2.71. The molecule has 0 aromatic carbocycles. The molecule has 0 radical (unpaired) electrons. The number of carbonyl (C=O) groups excluding carboxylic acids is 1. The number of hydrogen-bond acceptors (Lipinski definition) is 4. The van der Waals surface area contributed by atoms with Crippen LogP contribution in [0.15, 0.2) is 11.6 Å². The number of carbonyl (C=O) groups is 1. The van der Waals surface area contributed by atoms with Gasteiger partial charge in [0.2, 0.25) is 5.91 Å². The zero-order valence-electron chi connectivity index (χ0n) is 10.4. The van der Waals surface area contributed by atoms with Gasteiger partial charge in [0.25, 0.3) is 5.19 Å². The SMILES string of the molecule is O=C(C1CCCCC1)N1CC(Oc2nccs2)C1. The first-order valence-electron chi connectivity index (χ1n) is 6.68. The third kappa shape index (κ3) is 2.51. The first-order valence-corrected chi connectivity index (χ1v) is 7.56. The predicted octanol–water partition coefficient (Wildman–Crippen LogP) is 2.31. The first kappa shape index (κ1) is 12.0. The lowest BCUT2D eigenvalue weighted by atomic mass is 9.87. The van der Waals surface area contributed by atoms with E-state index in [0.717, 1.165) is 25.9 Å². The molecule has 98 valence electrons. The summed E-state index contributed by atoms with van der Waals surface area (Å²) in [6.07, 6.45) is 7.75. The summed E-state index contributed by atoms with van der Waals surface area (Å²) in [5.41, 5.74) is 0. The minimum atomic E-state index is 0.142. The van der Waals surface area contributed by atoms with Crippen molar-refractivity contribution < 1.29 is 9.53 Å². The molecule has 1 saturated carbocycles. The third-order valence-corrected chi connectivity index (χ3v) is 4.45. The van der Waals surface area contributed by atoms with Gasteiger partial charge >= 0.3 is 0 Å². The van der Waals surface area contributed by atoms with Gasteiger partial charge in [-0.25, -0.2) is 4.98 Å². The fraction of sp³-hybridized carbons (Fsp3) is 0.692. The van der Waals surface area contributed by atoms with Gasteiger partial charge in [-0.05, 0) is 12.8 Å². The van der Waals surface area contributed by atoms with E-state index in [9.17, 15) is 4.79 Å². The van der Waals surface area contributed by atoms with E-state index in [1.165, 1.54) is 30.6 Å². The largest absolute Gasteiger partial charge is 0.463 e. The maximum absolute atomic E-state index is 12.2. The topological polar surface area (TPSA) is 42.4 Å². The quantitative estimate of drug-likeness (QED) is 0.843. The van der Waals surface area contributed by atoms with Crippen molar-refractivity contribution in [2.45, 2.75) is 38.2 Å². The summed E-state index contributed by atoms with van der Waals surface area (Å²) in [5.74, 6) is 0.619. The number of nitrogens with zero attached hydrogens (tertiary/aromatic N) is 2. The average Bonchev–Trinajstić information content (AvgIpc) is 2.86. The van der Waals surface area contributed by atoms with Gasteiger partial charge in [0, 0.05) is 17.5 Å². The van der Waals surface area contributed by atoms with E-state index in [-0.39, 0.29) is 12.0 Å². The van der Waals surface area contributed by atoms with Crippen molar-refractivity contribution in [1.29, 1.82) is 0 Å². The minimum Gasteiger partial charge on any atom is -0.463 e. The summed E-state index contributed by atoms with van der Waals surface area (Å²) in [4.78, 5) is 18.2. The van der Waals surface area contributed by atoms with E-state index in [1.807, 2.05) is 10.3 Å². The second kappa shape index (κ2) is 5.26. The Morgan fingerprint density at radius 1 is 1.33 bits per heavy atom. The van der Waals surface area contributed by atoms with Crippen LogP contribution in [0.3, 0.4) is 0 Å². The number of amides is 1. The van der Waals surface area contributed by atoms with Crippen LogP contribution in [-0.2, 0) is 4.79 Å². The van der Waals surface area contributed by atoms with Crippen molar-refractivity contribution in [3.05, 3.63) is 11.6 Å². The van der Waals surface area contributed by atoms with E-state index in [0.29, 0.717) is 11.1 Å². The number of thiazole rings is 1. The standard InChI is InChI=1S/C13H18N2O2S/c16-12(10-4-2-1-3-5-10)15-8-11(9-15)17-13-14-6-7-18-13/h6-7,10-11H,1-5,8-9H2. The highest BCUT2D eigenvalue weighted by molar-refractivity contribution is 7.11. The Labute approximate surface area is 111 Å². The van der Waals surface area contributed by atoms with Gasteiger partial charge in [0.05, 0.1) is 13.1 Å². The maximum Gasteiger partial charge on any atom is 0.273 e. The molecule has 1 saturated heterocycles. The molecule has 1 aliphatic carbocycles. The normalized spacial score (nSPS) is 21.7.